The topological polar surface area (TPSA) is 78.8 Å². The highest BCUT2D eigenvalue weighted by atomic mass is 32.2. The number of amides is 1. The normalized spacial score (nSPS) is 15.7. The largest absolute Gasteiger partial charge is 0.362 e. The number of nitrogens with zero attached hydrogens (tertiary/aromatic N) is 2. The SMILES string of the molecule is CC(C)c1ccc(CCC(=O)Nc2ccc(S(=O)(=O)/N=C3\CCCN3C)cc2)cc1. The molecule has 1 aliphatic rings. The summed E-state index contributed by atoms with van der Waals surface area (Å²) >= 11 is 0. The average Bonchev–Trinajstić information content (AvgIpc) is 3.11. The molecule has 0 atom stereocenters. The number of carbonyl (C=O) groups excluding carboxylic acids is 1. The number of nitrogens with one attached hydrogen (secondary N) is 1. The fourth-order valence-corrected chi connectivity index (χ4v) is 4.46. The zero-order valence-corrected chi connectivity index (χ0v) is 18.6. The van der Waals surface area contributed by atoms with E-state index in [9.17, 15) is 13.2 Å². The Bertz CT molecular complexity index is 1010. The number of likely N-dealkylation sites (tertiary alicyclic amines) is 1. The Morgan fingerprint density at radius 2 is 1.77 bits per heavy atom. The van der Waals surface area contributed by atoms with Crippen LogP contribution in [0.1, 0.15) is 50.2 Å². The molecule has 1 saturated heterocycles. The van der Waals surface area contributed by atoms with Gasteiger partial charge in [-0.1, -0.05) is 38.1 Å². The van der Waals surface area contributed by atoms with Crippen LogP contribution in [-0.2, 0) is 21.2 Å². The minimum atomic E-state index is -3.74. The molecular weight excluding hydrogens is 398 g/mol. The van der Waals surface area contributed by atoms with Crippen LogP contribution in [0.15, 0.2) is 57.8 Å². The van der Waals surface area contributed by atoms with Gasteiger partial charge in [0, 0.05) is 32.1 Å². The molecule has 0 aromatic heterocycles. The van der Waals surface area contributed by atoms with Crippen molar-refractivity contribution in [3.8, 4) is 0 Å². The molecule has 3 rings (SSSR count). The van der Waals surface area contributed by atoms with Crippen molar-refractivity contribution in [2.24, 2.45) is 4.40 Å². The quantitative estimate of drug-likeness (QED) is 0.718. The van der Waals surface area contributed by atoms with E-state index in [0.717, 1.165) is 18.5 Å². The number of rotatable bonds is 7. The van der Waals surface area contributed by atoms with Gasteiger partial charge in [0.1, 0.15) is 5.84 Å². The number of amidine groups is 1. The number of hydrogen-bond acceptors (Lipinski definition) is 3. The monoisotopic (exact) mass is 427 g/mol. The molecule has 0 unspecified atom stereocenters. The van der Waals surface area contributed by atoms with Crippen LogP contribution in [0.5, 0.6) is 0 Å². The second kappa shape index (κ2) is 9.43. The summed E-state index contributed by atoms with van der Waals surface area (Å²) in [5.74, 6) is 0.972. The van der Waals surface area contributed by atoms with Crippen LogP contribution in [-0.4, -0.2) is 38.7 Å². The van der Waals surface area contributed by atoms with Crippen LogP contribution in [0.2, 0.25) is 0 Å². The molecule has 1 N–H and O–H groups in total. The third-order valence-electron chi connectivity index (χ3n) is 5.28. The predicted molar refractivity (Wildman–Crippen MR) is 120 cm³/mol. The van der Waals surface area contributed by atoms with Gasteiger partial charge in [-0.2, -0.15) is 8.42 Å². The van der Waals surface area contributed by atoms with Gasteiger partial charge in [0.2, 0.25) is 5.91 Å². The molecule has 6 nitrogen and oxygen atoms in total. The molecule has 1 fully saturated rings. The smallest absolute Gasteiger partial charge is 0.283 e. The first-order valence-electron chi connectivity index (χ1n) is 10.3. The first kappa shape index (κ1) is 22.0. The Labute approximate surface area is 179 Å². The van der Waals surface area contributed by atoms with E-state index in [0.29, 0.717) is 36.7 Å². The summed E-state index contributed by atoms with van der Waals surface area (Å²) in [4.78, 5) is 14.2. The van der Waals surface area contributed by atoms with E-state index in [1.54, 1.807) is 12.1 Å². The molecule has 0 radical (unpaired) electrons. The molecule has 2 aromatic carbocycles. The highest BCUT2D eigenvalue weighted by Crippen LogP contribution is 2.20. The van der Waals surface area contributed by atoms with Gasteiger partial charge in [-0.05, 0) is 54.2 Å². The Morgan fingerprint density at radius 1 is 1.10 bits per heavy atom. The maximum Gasteiger partial charge on any atom is 0.283 e. The summed E-state index contributed by atoms with van der Waals surface area (Å²) in [5.41, 5.74) is 2.97. The van der Waals surface area contributed by atoms with Crippen LogP contribution in [0.3, 0.4) is 0 Å². The molecule has 30 heavy (non-hydrogen) atoms. The standard InChI is InChI=1S/C23H29N3O3S/c1-17(2)19-9-6-18(7-10-19)8-15-23(27)24-20-11-13-21(14-12-20)30(28,29)25-22-5-4-16-26(22)3/h6-7,9-14,17H,4-5,8,15-16H2,1-3H3,(H,24,27)/b25-22+. The molecule has 0 spiro atoms. The molecule has 1 amide bonds. The molecule has 7 heteroatoms. The summed E-state index contributed by atoms with van der Waals surface area (Å²) in [7, 11) is -1.90. The summed E-state index contributed by atoms with van der Waals surface area (Å²) in [6.45, 7) is 5.12. The second-order valence-corrected chi connectivity index (χ2v) is 9.58. The molecule has 0 saturated carbocycles. The van der Waals surface area contributed by atoms with E-state index in [1.165, 1.54) is 17.7 Å². The molecule has 0 bridgehead atoms. The summed E-state index contributed by atoms with van der Waals surface area (Å²) in [5, 5.41) is 2.82. The van der Waals surface area contributed by atoms with E-state index < -0.39 is 10.0 Å². The van der Waals surface area contributed by atoms with Gasteiger partial charge < -0.3 is 10.2 Å². The van der Waals surface area contributed by atoms with E-state index in [-0.39, 0.29) is 10.8 Å². The highest BCUT2D eigenvalue weighted by Gasteiger charge is 2.20. The number of benzene rings is 2. The molecule has 0 aliphatic carbocycles. The molecule has 1 aliphatic heterocycles. The molecular formula is C23H29N3O3S. The first-order valence-corrected chi connectivity index (χ1v) is 11.7. The summed E-state index contributed by atoms with van der Waals surface area (Å²) in [6.07, 6.45) is 2.60. The van der Waals surface area contributed by atoms with Crippen molar-refractivity contribution in [2.45, 2.75) is 50.3 Å². The second-order valence-electron chi connectivity index (χ2n) is 7.98. The number of sulfonamides is 1. The first-order chi connectivity index (χ1) is 14.2. The molecule has 2 aromatic rings. The molecule has 1 heterocycles. The Hall–Kier alpha value is -2.67. The lowest BCUT2D eigenvalue weighted by molar-refractivity contribution is -0.116. The van der Waals surface area contributed by atoms with Gasteiger partial charge >= 0.3 is 0 Å². The van der Waals surface area contributed by atoms with Gasteiger partial charge in [0.05, 0.1) is 4.90 Å². The van der Waals surface area contributed by atoms with Crippen molar-refractivity contribution in [3.05, 3.63) is 59.7 Å². The minimum absolute atomic E-state index is 0.105. The van der Waals surface area contributed by atoms with Crippen molar-refractivity contribution < 1.29 is 13.2 Å². The fraction of sp³-hybridized carbons (Fsp3) is 0.391. The third-order valence-corrected chi connectivity index (χ3v) is 6.60. The van der Waals surface area contributed by atoms with E-state index in [1.807, 2.05) is 11.9 Å². The van der Waals surface area contributed by atoms with Gasteiger partial charge in [0.15, 0.2) is 0 Å². The van der Waals surface area contributed by atoms with Crippen LogP contribution in [0.25, 0.3) is 0 Å². The van der Waals surface area contributed by atoms with Gasteiger partial charge in [-0.25, -0.2) is 0 Å². The Kier molecular flexibility index (Phi) is 6.92. The van der Waals surface area contributed by atoms with Crippen molar-refractivity contribution in [1.82, 2.24) is 4.90 Å². The Balaban J connectivity index is 1.56. The molecule has 160 valence electrons. The van der Waals surface area contributed by atoms with Crippen molar-refractivity contribution in [2.75, 3.05) is 18.9 Å². The lowest BCUT2D eigenvalue weighted by atomic mass is 10.0. The minimum Gasteiger partial charge on any atom is -0.362 e. The van der Waals surface area contributed by atoms with Gasteiger partial charge in [-0.15, -0.1) is 4.40 Å². The number of hydrogen-bond donors (Lipinski definition) is 1. The summed E-state index contributed by atoms with van der Waals surface area (Å²) < 4.78 is 28.9. The highest BCUT2D eigenvalue weighted by molar-refractivity contribution is 7.90. The maximum absolute atomic E-state index is 12.5. The zero-order valence-electron chi connectivity index (χ0n) is 17.8. The van der Waals surface area contributed by atoms with E-state index >= 15 is 0 Å². The van der Waals surface area contributed by atoms with Crippen LogP contribution < -0.4 is 5.32 Å². The van der Waals surface area contributed by atoms with E-state index in [2.05, 4.69) is 47.8 Å². The maximum atomic E-state index is 12.5. The van der Waals surface area contributed by atoms with Crippen LogP contribution >= 0.6 is 0 Å². The average molecular weight is 428 g/mol. The van der Waals surface area contributed by atoms with Crippen molar-refractivity contribution in [1.29, 1.82) is 0 Å². The lowest BCUT2D eigenvalue weighted by Crippen LogP contribution is -2.20. The lowest BCUT2D eigenvalue weighted by Gasteiger charge is -2.11. The Morgan fingerprint density at radius 3 is 2.33 bits per heavy atom. The number of carbonyl (C=O) groups is 1. The van der Waals surface area contributed by atoms with Crippen LogP contribution in [0, 0.1) is 0 Å². The van der Waals surface area contributed by atoms with Gasteiger partial charge in [0.25, 0.3) is 10.0 Å². The van der Waals surface area contributed by atoms with E-state index in [4.69, 9.17) is 0 Å². The van der Waals surface area contributed by atoms with Crippen molar-refractivity contribution in [3.63, 3.8) is 0 Å². The summed E-state index contributed by atoms with van der Waals surface area (Å²) in [6, 6.07) is 14.5. The third kappa shape index (κ3) is 5.69. The van der Waals surface area contributed by atoms with Crippen LogP contribution in [0.4, 0.5) is 5.69 Å². The number of aryl methyl sites for hydroxylation is 1. The number of anilines is 1. The van der Waals surface area contributed by atoms with Gasteiger partial charge in [-0.3, -0.25) is 4.79 Å². The predicted octanol–water partition coefficient (Wildman–Crippen LogP) is 4.19. The fourth-order valence-electron chi connectivity index (χ4n) is 3.36. The zero-order chi connectivity index (χ0) is 21.7. The van der Waals surface area contributed by atoms with Crippen molar-refractivity contribution >= 4 is 27.5 Å².